The quantitative estimate of drug-likeness (QED) is 0.478. The van der Waals surface area contributed by atoms with Crippen molar-refractivity contribution < 1.29 is 4.84 Å². The maximum Gasteiger partial charge on any atom is 0.251 e. The number of hydrogen-bond acceptors (Lipinski definition) is 8. The zero-order valence-electron chi connectivity index (χ0n) is 18.4. The summed E-state index contributed by atoms with van der Waals surface area (Å²) >= 11 is 0. The van der Waals surface area contributed by atoms with E-state index in [4.69, 9.17) is 4.84 Å². The molecule has 4 N–H and O–H groups in total. The normalized spacial score (nSPS) is 21.3. The van der Waals surface area contributed by atoms with E-state index in [1.165, 1.54) is 0 Å². The molecule has 9 nitrogen and oxygen atoms in total. The number of fused-ring (bicyclic) bond motifs is 2. The van der Waals surface area contributed by atoms with Crippen molar-refractivity contribution in [2.75, 3.05) is 26.7 Å². The Morgan fingerprint density at radius 3 is 2.97 bits per heavy atom. The van der Waals surface area contributed by atoms with Crippen molar-refractivity contribution in [1.29, 1.82) is 0 Å². The first-order valence-corrected chi connectivity index (χ1v) is 11.2. The number of pyridine rings is 3. The highest BCUT2D eigenvalue weighted by Gasteiger charge is 2.28. The van der Waals surface area contributed by atoms with Gasteiger partial charge in [0.1, 0.15) is 11.9 Å². The molecule has 0 aromatic carbocycles. The van der Waals surface area contributed by atoms with Crippen LogP contribution in [0.5, 0.6) is 5.75 Å². The highest BCUT2D eigenvalue weighted by Crippen LogP contribution is 2.33. The molecule has 2 aliphatic rings. The van der Waals surface area contributed by atoms with Gasteiger partial charge < -0.3 is 15.1 Å². The Balaban J connectivity index is 1.43. The second-order valence-electron chi connectivity index (χ2n) is 8.37. The zero-order valence-corrected chi connectivity index (χ0v) is 18.4. The average molecular weight is 436 g/mol. The van der Waals surface area contributed by atoms with Crippen LogP contribution in [0.2, 0.25) is 0 Å². The van der Waals surface area contributed by atoms with Gasteiger partial charge in [-0.3, -0.25) is 25.0 Å². The van der Waals surface area contributed by atoms with Crippen molar-refractivity contribution >= 4 is 11.0 Å². The molecule has 3 aromatic heterocycles. The SMILES string of the molecule is CCc1cc2ncc(CN3CCNCCC3c3cnc4c(c3)ONC4NC)cc2[nH]c1=O. The molecule has 1 fully saturated rings. The highest BCUT2D eigenvalue weighted by molar-refractivity contribution is 5.74. The number of rotatable bonds is 5. The number of aromatic nitrogens is 3. The Labute approximate surface area is 186 Å². The molecule has 3 aromatic rings. The van der Waals surface area contributed by atoms with Gasteiger partial charge in [-0.2, -0.15) is 0 Å². The fraction of sp³-hybridized carbons (Fsp3) is 0.435. The lowest BCUT2D eigenvalue weighted by molar-refractivity contribution is 0.179. The number of nitrogens with one attached hydrogen (secondary N) is 4. The molecule has 2 atom stereocenters. The summed E-state index contributed by atoms with van der Waals surface area (Å²) in [6, 6.07) is 6.23. The standard InChI is InChI=1S/C23H29N7O2/c1-3-15-9-17-18(28-23(15)31)8-14(11-26-17)13-30-7-6-25-5-4-19(30)16-10-20-21(27-12-16)22(24-2)29-32-20/h8-12,19,22,24-25,29H,3-7,13H2,1-2H3,(H,28,31). The molecule has 32 heavy (non-hydrogen) atoms. The molecule has 0 saturated carbocycles. The summed E-state index contributed by atoms with van der Waals surface area (Å²) in [5, 5.41) is 6.65. The monoisotopic (exact) mass is 435 g/mol. The lowest BCUT2D eigenvalue weighted by atomic mass is 10.0. The summed E-state index contributed by atoms with van der Waals surface area (Å²) in [4.78, 5) is 32.6. The molecule has 0 radical (unpaired) electrons. The average Bonchev–Trinajstić information content (AvgIpc) is 3.08. The van der Waals surface area contributed by atoms with E-state index < -0.39 is 0 Å². The maximum absolute atomic E-state index is 12.3. The molecule has 5 heterocycles. The lowest BCUT2D eigenvalue weighted by Gasteiger charge is -2.30. The van der Waals surface area contributed by atoms with Crippen LogP contribution in [0.25, 0.3) is 11.0 Å². The summed E-state index contributed by atoms with van der Waals surface area (Å²) < 4.78 is 0. The summed E-state index contributed by atoms with van der Waals surface area (Å²) in [5.74, 6) is 0.774. The van der Waals surface area contributed by atoms with Crippen molar-refractivity contribution in [3.05, 3.63) is 63.3 Å². The number of aryl methyl sites for hydroxylation is 1. The number of H-pyrrole nitrogens is 1. The summed E-state index contributed by atoms with van der Waals surface area (Å²) in [7, 11) is 1.87. The Hall–Kier alpha value is -2.85. The van der Waals surface area contributed by atoms with Gasteiger partial charge in [-0.15, -0.1) is 5.48 Å². The van der Waals surface area contributed by atoms with Crippen molar-refractivity contribution in [2.45, 2.75) is 38.5 Å². The minimum Gasteiger partial charge on any atom is -0.405 e. The van der Waals surface area contributed by atoms with Gasteiger partial charge in [0.15, 0.2) is 5.75 Å². The lowest BCUT2D eigenvalue weighted by Crippen LogP contribution is -2.30. The molecule has 0 aliphatic carbocycles. The topological polar surface area (TPSA) is 107 Å². The number of nitrogens with zero attached hydrogens (tertiary/aromatic N) is 3. The summed E-state index contributed by atoms with van der Waals surface area (Å²) in [6.45, 7) is 5.49. The van der Waals surface area contributed by atoms with Crippen LogP contribution in [-0.4, -0.2) is 46.5 Å². The molecular weight excluding hydrogens is 406 g/mol. The second-order valence-corrected chi connectivity index (χ2v) is 8.37. The van der Waals surface area contributed by atoms with E-state index in [1.807, 2.05) is 38.5 Å². The Kier molecular flexibility index (Phi) is 5.88. The van der Waals surface area contributed by atoms with E-state index in [0.29, 0.717) is 6.42 Å². The number of aromatic amines is 1. The minimum absolute atomic E-state index is 0.0338. The second kappa shape index (κ2) is 8.95. The smallest absolute Gasteiger partial charge is 0.251 e. The molecular formula is C23H29N7O2. The van der Waals surface area contributed by atoms with Crippen LogP contribution in [0, 0.1) is 0 Å². The van der Waals surface area contributed by atoms with Gasteiger partial charge in [0.2, 0.25) is 0 Å². The fourth-order valence-electron chi connectivity index (χ4n) is 4.57. The van der Waals surface area contributed by atoms with Crippen LogP contribution in [0.3, 0.4) is 0 Å². The fourth-order valence-corrected chi connectivity index (χ4v) is 4.57. The molecule has 2 aliphatic heterocycles. The molecule has 0 bridgehead atoms. The van der Waals surface area contributed by atoms with Crippen LogP contribution in [-0.2, 0) is 13.0 Å². The van der Waals surface area contributed by atoms with Crippen LogP contribution in [0.4, 0.5) is 0 Å². The number of hydroxylamine groups is 1. The first-order valence-electron chi connectivity index (χ1n) is 11.2. The van der Waals surface area contributed by atoms with Gasteiger partial charge >= 0.3 is 0 Å². The molecule has 1 saturated heterocycles. The van der Waals surface area contributed by atoms with Crippen LogP contribution in [0.15, 0.2) is 35.4 Å². The van der Waals surface area contributed by atoms with Gasteiger partial charge in [0.25, 0.3) is 5.56 Å². The van der Waals surface area contributed by atoms with Crippen LogP contribution < -0.4 is 26.5 Å². The third kappa shape index (κ3) is 4.00. The molecule has 168 valence electrons. The Morgan fingerprint density at radius 1 is 1.22 bits per heavy atom. The van der Waals surface area contributed by atoms with Gasteiger partial charge in [-0.05, 0) is 55.8 Å². The van der Waals surface area contributed by atoms with Gasteiger partial charge in [0, 0.05) is 43.6 Å². The Morgan fingerprint density at radius 2 is 2.12 bits per heavy atom. The molecule has 2 unspecified atom stereocenters. The van der Waals surface area contributed by atoms with Gasteiger partial charge in [-0.1, -0.05) is 6.92 Å². The van der Waals surface area contributed by atoms with Crippen LogP contribution >= 0.6 is 0 Å². The van der Waals surface area contributed by atoms with Crippen molar-refractivity contribution in [3.8, 4) is 5.75 Å². The predicted octanol–water partition coefficient (Wildman–Crippen LogP) is 1.53. The van der Waals surface area contributed by atoms with Crippen LogP contribution in [0.1, 0.15) is 47.9 Å². The van der Waals surface area contributed by atoms with E-state index in [9.17, 15) is 4.79 Å². The first kappa shape index (κ1) is 21.0. The molecule has 9 heteroatoms. The van der Waals surface area contributed by atoms with E-state index in [1.54, 1.807) is 0 Å². The third-order valence-electron chi connectivity index (χ3n) is 6.34. The van der Waals surface area contributed by atoms with E-state index in [-0.39, 0.29) is 17.8 Å². The minimum atomic E-state index is -0.0926. The van der Waals surface area contributed by atoms with E-state index in [0.717, 1.165) is 71.8 Å². The number of hydrogen-bond donors (Lipinski definition) is 4. The summed E-state index contributed by atoms with van der Waals surface area (Å²) in [5.41, 5.74) is 8.39. The highest BCUT2D eigenvalue weighted by atomic mass is 16.7. The molecule has 5 rings (SSSR count). The third-order valence-corrected chi connectivity index (χ3v) is 6.34. The predicted molar refractivity (Wildman–Crippen MR) is 122 cm³/mol. The molecule has 0 amide bonds. The Bertz CT molecular complexity index is 1180. The van der Waals surface area contributed by atoms with E-state index in [2.05, 4.69) is 42.0 Å². The van der Waals surface area contributed by atoms with Crippen molar-refractivity contribution in [2.24, 2.45) is 0 Å². The van der Waals surface area contributed by atoms with Crippen molar-refractivity contribution in [1.82, 2.24) is 36.0 Å². The first-order chi connectivity index (χ1) is 15.7. The summed E-state index contributed by atoms with van der Waals surface area (Å²) in [6.07, 6.45) is 5.46. The maximum atomic E-state index is 12.3. The largest absolute Gasteiger partial charge is 0.405 e. The van der Waals surface area contributed by atoms with Crippen molar-refractivity contribution in [3.63, 3.8) is 0 Å². The van der Waals surface area contributed by atoms with Gasteiger partial charge in [-0.25, -0.2) is 0 Å². The van der Waals surface area contributed by atoms with E-state index >= 15 is 0 Å². The molecule has 0 spiro atoms. The zero-order chi connectivity index (χ0) is 22.1. The van der Waals surface area contributed by atoms with Gasteiger partial charge in [0.05, 0.1) is 11.0 Å².